The van der Waals surface area contributed by atoms with E-state index in [-0.39, 0.29) is 36.1 Å². The third-order valence-electron chi connectivity index (χ3n) is 8.31. The van der Waals surface area contributed by atoms with E-state index in [0.717, 1.165) is 36.8 Å². The molecule has 7 rings (SSSR count). The number of carbonyl (C=O) groups excluding carboxylic acids is 2. The van der Waals surface area contributed by atoms with Crippen molar-refractivity contribution in [3.05, 3.63) is 113 Å². The van der Waals surface area contributed by atoms with Gasteiger partial charge in [-0.15, -0.1) is 0 Å². The van der Waals surface area contributed by atoms with Gasteiger partial charge in [0.25, 0.3) is 0 Å². The number of rotatable bonds is 12. The normalized spacial score (nSPS) is 14.0. The summed E-state index contributed by atoms with van der Waals surface area (Å²) >= 11 is 6.87. The summed E-state index contributed by atoms with van der Waals surface area (Å²) in [7, 11) is 1.59. The molecule has 8 nitrogen and oxygen atoms in total. The van der Waals surface area contributed by atoms with Crippen molar-refractivity contribution in [3.63, 3.8) is 0 Å². The molecule has 0 unspecified atom stereocenters. The average Bonchev–Trinajstić information content (AvgIpc) is 4.05. The standard InChI is InChI=1S/C38H33ClN2O6/c1-44-29-18-16-26(17-19-29)34-35(40-47-38(34)41(36(42)27-12-13-27)37(43)28-14-15-28)30-20-31(39)33(46-23-25-10-6-3-7-11-25)21-32(30)45-22-24-8-4-2-5-9-24/h2-11,16-21,27-28H,12-15,22-23H2,1H3. The predicted molar refractivity (Wildman–Crippen MR) is 178 cm³/mol. The van der Waals surface area contributed by atoms with Crippen molar-refractivity contribution in [3.8, 4) is 39.6 Å². The molecule has 0 atom stereocenters. The molecule has 4 aromatic carbocycles. The third kappa shape index (κ3) is 6.74. The molecule has 2 aliphatic carbocycles. The van der Waals surface area contributed by atoms with Crippen molar-refractivity contribution in [2.24, 2.45) is 11.8 Å². The Hall–Kier alpha value is -5.08. The molecular formula is C38H33ClN2O6. The summed E-state index contributed by atoms with van der Waals surface area (Å²) in [4.78, 5) is 28.5. The molecule has 5 aromatic rings. The Morgan fingerprint density at radius 3 is 1.87 bits per heavy atom. The Labute approximate surface area is 277 Å². The van der Waals surface area contributed by atoms with Crippen LogP contribution >= 0.6 is 11.6 Å². The van der Waals surface area contributed by atoms with Gasteiger partial charge in [0, 0.05) is 23.5 Å². The van der Waals surface area contributed by atoms with E-state index in [4.69, 9.17) is 30.3 Å². The lowest BCUT2D eigenvalue weighted by Gasteiger charge is -2.20. The summed E-state index contributed by atoms with van der Waals surface area (Å²) in [6.07, 6.45) is 2.96. The van der Waals surface area contributed by atoms with Crippen LogP contribution in [0.5, 0.6) is 17.2 Å². The second-order valence-electron chi connectivity index (χ2n) is 11.8. The largest absolute Gasteiger partial charge is 0.497 e. The van der Waals surface area contributed by atoms with Crippen molar-refractivity contribution in [1.29, 1.82) is 0 Å². The molecule has 0 saturated heterocycles. The van der Waals surface area contributed by atoms with Crippen molar-refractivity contribution < 1.29 is 28.3 Å². The third-order valence-corrected chi connectivity index (χ3v) is 8.61. The zero-order chi connectivity index (χ0) is 32.3. The fourth-order valence-corrected chi connectivity index (χ4v) is 5.61. The van der Waals surface area contributed by atoms with E-state index in [0.29, 0.717) is 51.3 Å². The summed E-state index contributed by atoms with van der Waals surface area (Å²) in [5.41, 5.74) is 4.02. The van der Waals surface area contributed by atoms with E-state index < -0.39 is 0 Å². The van der Waals surface area contributed by atoms with Gasteiger partial charge in [0.2, 0.25) is 17.7 Å². The highest BCUT2D eigenvalue weighted by atomic mass is 35.5. The lowest BCUT2D eigenvalue weighted by molar-refractivity contribution is -0.128. The first-order valence-corrected chi connectivity index (χ1v) is 16.1. The molecule has 0 aliphatic heterocycles. The number of aromatic nitrogens is 1. The highest BCUT2D eigenvalue weighted by molar-refractivity contribution is 6.32. The fraction of sp³-hybridized carbons (Fsp3) is 0.237. The highest BCUT2D eigenvalue weighted by Crippen LogP contribution is 2.48. The number of nitrogens with zero attached hydrogens (tertiary/aromatic N) is 2. The minimum absolute atomic E-state index is 0.0912. The summed E-state index contributed by atoms with van der Waals surface area (Å²) in [6, 6.07) is 30.4. The van der Waals surface area contributed by atoms with Gasteiger partial charge in [-0.2, -0.15) is 0 Å². The van der Waals surface area contributed by atoms with E-state index in [1.54, 1.807) is 19.2 Å². The van der Waals surface area contributed by atoms with Crippen molar-refractivity contribution in [2.45, 2.75) is 38.9 Å². The van der Waals surface area contributed by atoms with E-state index in [9.17, 15) is 9.59 Å². The Balaban J connectivity index is 1.35. The molecule has 2 amide bonds. The topological polar surface area (TPSA) is 91.1 Å². The summed E-state index contributed by atoms with van der Waals surface area (Å²) < 4.78 is 24.0. The molecule has 2 saturated carbocycles. The number of halogens is 1. The Bertz CT molecular complexity index is 1860. The number of ether oxygens (including phenoxy) is 3. The first-order chi connectivity index (χ1) is 23.0. The molecule has 1 aromatic heterocycles. The van der Waals surface area contributed by atoms with Gasteiger partial charge in [-0.05, 0) is 60.6 Å². The van der Waals surface area contributed by atoms with Crippen LogP contribution in [0.3, 0.4) is 0 Å². The van der Waals surface area contributed by atoms with Crippen LogP contribution < -0.4 is 19.1 Å². The monoisotopic (exact) mass is 648 g/mol. The maximum Gasteiger partial charge on any atom is 0.249 e. The van der Waals surface area contributed by atoms with Crippen LogP contribution in [0.15, 0.2) is 102 Å². The van der Waals surface area contributed by atoms with Gasteiger partial charge in [-0.25, -0.2) is 4.90 Å². The molecule has 2 aliphatic rings. The Morgan fingerprint density at radius 2 is 1.34 bits per heavy atom. The Kier molecular flexibility index (Phi) is 8.68. The van der Waals surface area contributed by atoms with Gasteiger partial charge in [0.1, 0.15) is 36.2 Å². The van der Waals surface area contributed by atoms with Gasteiger partial charge >= 0.3 is 0 Å². The zero-order valence-corrected chi connectivity index (χ0v) is 26.6. The SMILES string of the molecule is COc1ccc(-c2c(-c3cc(Cl)c(OCc4ccccc4)cc3OCc3ccccc3)noc2N(C(=O)C2CC2)C(=O)C2CC2)cc1. The van der Waals surface area contributed by atoms with Crippen LogP contribution in [0.2, 0.25) is 5.02 Å². The number of hydrogen-bond acceptors (Lipinski definition) is 7. The first kappa shape index (κ1) is 30.6. The minimum atomic E-state index is -0.261. The van der Waals surface area contributed by atoms with E-state index in [1.807, 2.05) is 84.9 Å². The van der Waals surface area contributed by atoms with Crippen LogP contribution in [0.4, 0.5) is 5.88 Å². The van der Waals surface area contributed by atoms with Gasteiger partial charge in [-0.1, -0.05) is 89.6 Å². The molecule has 47 heavy (non-hydrogen) atoms. The van der Waals surface area contributed by atoms with Crippen LogP contribution in [0.1, 0.15) is 36.8 Å². The molecule has 238 valence electrons. The van der Waals surface area contributed by atoms with Crippen LogP contribution in [-0.4, -0.2) is 24.1 Å². The van der Waals surface area contributed by atoms with E-state index >= 15 is 0 Å². The highest BCUT2D eigenvalue weighted by Gasteiger charge is 2.45. The number of anilines is 1. The van der Waals surface area contributed by atoms with Gasteiger partial charge in [0.05, 0.1) is 17.7 Å². The summed E-state index contributed by atoms with van der Waals surface area (Å²) in [6.45, 7) is 0.577. The maximum absolute atomic E-state index is 13.7. The molecule has 2 fully saturated rings. The fourth-order valence-electron chi connectivity index (χ4n) is 5.39. The average molecular weight is 649 g/mol. The van der Waals surface area contributed by atoms with Gasteiger partial charge in [-0.3, -0.25) is 9.59 Å². The number of carbonyl (C=O) groups is 2. The summed E-state index contributed by atoms with van der Waals surface area (Å²) in [5.74, 6) is 0.684. The number of hydrogen-bond donors (Lipinski definition) is 0. The molecule has 0 radical (unpaired) electrons. The first-order valence-electron chi connectivity index (χ1n) is 15.7. The summed E-state index contributed by atoms with van der Waals surface area (Å²) in [5, 5.41) is 4.84. The predicted octanol–water partition coefficient (Wildman–Crippen LogP) is 8.51. The smallest absolute Gasteiger partial charge is 0.249 e. The second-order valence-corrected chi connectivity index (χ2v) is 12.2. The molecule has 0 spiro atoms. The van der Waals surface area contributed by atoms with E-state index in [1.165, 1.54) is 4.90 Å². The quantitative estimate of drug-likeness (QED) is 0.125. The van der Waals surface area contributed by atoms with Crippen molar-refractivity contribution in [2.75, 3.05) is 12.0 Å². The number of amides is 2. The molecule has 9 heteroatoms. The van der Waals surface area contributed by atoms with Crippen LogP contribution in [-0.2, 0) is 22.8 Å². The Morgan fingerprint density at radius 1 is 0.787 bits per heavy atom. The van der Waals surface area contributed by atoms with E-state index in [2.05, 4.69) is 5.16 Å². The molecule has 0 N–H and O–H groups in total. The van der Waals surface area contributed by atoms with Crippen molar-refractivity contribution in [1.82, 2.24) is 5.16 Å². The number of methoxy groups -OCH3 is 1. The lowest BCUT2D eigenvalue weighted by Crippen LogP contribution is -2.39. The van der Waals surface area contributed by atoms with Gasteiger partial charge < -0.3 is 18.7 Å². The number of imide groups is 1. The number of benzene rings is 4. The van der Waals surface area contributed by atoms with Crippen molar-refractivity contribution >= 4 is 29.3 Å². The lowest BCUT2D eigenvalue weighted by atomic mass is 9.99. The molecular weight excluding hydrogens is 616 g/mol. The minimum Gasteiger partial charge on any atom is -0.497 e. The van der Waals surface area contributed by atoms with Gasteiger partial charge in [0.15, 0.2) is 0 Å². The molecule has 0 bridgehead atoms. The van der Waals surface area contributed by atoms with Crippen LogP contribution in [0.25, 0.3) is 22.4 Å². The zero-order valence-electron chi connectivity index (χ0n) is 25.9. The van der Waals surface area contributed by atoms with Crippen LogP contribution in [0, 0.1) is 11.8 Å². The second kappa shape index (κ2) is 13.3. The molecule has 1 heterocycles. The maximum atomic E-state index is 13.7.